The summed E-state index contributed by atoms with van der Waals surface area (Å²) in [6, 6.07) is 46.0. The first-order valence-electron chi connectivity index (χ1n) is 22.9. The molecule has 14 aromatic carbocycles. The number of ether oxygens (including phenoxy) is 4. The summed E-state index contributed by atoms with van der Waals surface area (Å²) < 4.78 is 81.9. The van der Waals surface area contributed by atoms with E-state index in [0.717, 1.165) is 141 Å². The minimum absolute atomic E-state index is 0.147. The lowest BCUT2D eigenvalue weighted by Gasteiger charge is -2.19. The van der Waals surface area contributed by atoms with Gasteiger partial charge in [-0.05, 0) is 202 Å². The standard InChI is InChI=1S/C62H36F4O4/c1-67-49-25-29(7-19-45(49)63)35-11-13-37(31-9-21-47(65)51(27-31)69-3)57-43-23-33-5-6-34-24-44-58-38(32-10-22-48(66)52(28-32)70-4)14-12-36(30-8-20-46(64)50(26-30)68-2)56(58)42-18-16-40-39-15-17-41(55(35)57)59(43)61(39)53(33)54(34)62(40)60(42)44/h5-28H,1-4H3. The van der Waals surface area contributed by atoms with E-state index < -0.39 is 23.3 Å². The monoisotopic (exact) mass is 920 g/mol. The SMILES string of the molecule is COc1cc(-c2ccc(-c3ccc(F)c(OC)c3)c3c4cc5ccc6cc7c8c(-c9ccc(F)c(OC)c9)ccc(-c9ccc(F)c(OC)c9)c8c8ccc9c%10ccc(c23)c4c%10c5c6c9c87)ccc1F. The molecule has 0 heterocycles. The van der Waals surface area contributed by atoms with Crippen molar-refractivity contribution >= 4 is 97.0 Å². The molecule has 0 unspecified atom stereocenters. The predicted molar refractivity (Wildman–Crippen MR) is 277 cm³/mol. The molecule has 0 saturated carbocycles. The van der Waals surface area contributed by atoms with Crippen LogP contribution in [0.4, 0.5) is 17.6 Å². The Kier molecular flexibility index (Phi) is 8.35. The van der Waals surface area contributed by atoms with Gasteiger partial charge in [0.15, 0.2) is 46.3 Å². The second kappa shape index (κ2) is 14.5. The molecule has 0 spiro atoms. The molecule has 0 aliphatic heterocycles. The summed E-state index contributed by atoms with van der Waals surface area (Å²) in [6.07, 6.45) is 0. The third-order valence-corrected chi connectivity index (χ3v) is 14.9. The first kappa shape index (κ1) is 40.4. The smallest absolute Gasteiger partial charge is 0.165 e. The van der Waals surface area contributed by atoms with Gasteiger partial charge in [0.05, 0.1) is 28.4 Å². The lowest BCUT2D eigenvalue weighted by molar-refractivity contribution is 0.387. The van der Waals surface area contributed by atoms with Crippen molar-refractivity contribution in [3.05, 3.63) is 169 Å². The van der Waals surface area contributed by atoms with Gasteiger partial charge >= 0.3 is 0 Å². The molecule has 0 aromatic heterocycles. The topological polar surface area (TPSA) is 36.9 Å². The fraction of sp³-hybridized carbons (Fsp3) is 0.0645. The first-order chi connectivity index (χ1) is 34.2. The maximum atomic E-state index is 15.0. The molecule has 0 saturated heterocycles. The summed E-state index contributed by atoms with van der Waals surface area (Å²) in [6.45, 7) is 0. The summed E-state index contributed by atoms with van der Waals surface area (Å²) in [5, 5.41) is 19.3. The minimum Gasteiger partial charge on any atom is -0.494 e. The predicted octanol–water partition coefficient (Wildman–Crippen LogP) is 17.1. The molecule has 0 aliphatic rings. The van der Waals surface area contributed by atoms with Crippen molar-refractivity contribution in [1.82, 2.24) is 0 Å². The van der Waals surface area contributed by atoms with Crippen molar-refractivity contribution in [2.24, 2.45) is 0 Å². The van der Waals surface area contributed by atoms with Gasteiger partial charge in [-0.2, -0.15) is 0 Å². The Morgan fingerprint density at radius 1 is 0.243 bits per heavy atom. The lowest BCUT2D eigenvalue weighted by atomic mass is 9.84. The summed E-state index contributed by atoms with van der Waals surface area (Å²) >= 11 is 0. The van der Waals surface area contributed by atoms with Crippen molar-refractivity contribution in [2.45, 2.75) is 0 Å². The Bertz CT molecular complexity index is 4230. The lowest BCUT2D eigenvalue weighted by Crippen LogP contribution is -1.91. The molecule has 336 valence electrons. The average Bonchev–Trinajstić information content (AvgIpc) is 3.91. The molecule has 70 heavy (non-hydrogen) atoms. The second-order valence-corrected chi connectivity index (χ2v) is 18.2. The van der Waals surface area contributed by atoms with Gasteiger partial charge in [0.25, 0.3) is 0 Å². The minimum atomic E-state index is -0.449. The van der Waals surface area contributed by atoms with E-state index >= 15 is 8.78 Å². The highest BCUT2D eigenvalue weighted by atomic mass is 19.1. The van der Waals surface area contributed by atoms with E-state index in [1.54, 1.807) is 48.5 Å². The van der Waals surface area contributed by atoms with Crippen molar-refractivity contribution in [2.75, 3.05) is 28.4 Å². The highest BCUT2D eigenvalue weighted by molar-refractivity contribution is 6.51. The van der Waals surface area contributed by atoms with Crippen LogP contribution in [0.3, 0.4) is 0 Å². The molecule has 0 radical (unpaired) electrons. The van der Waals surface area contributed by atoms with Crippen LogP contribution >= 0.6 is 0 Å². The summed E-state index contributed by atoms with van der Waals surface area (Å²) in [5.74, 6) is -1.21. The van der Waals surface area contributed by atoms with Crippen molar-refractivity contribution in [1.29, 1.82) is 0 Å². The van der Waals surface area contributed by atoms with Crippen LogP contribution in [0.2, 0.25) is 0 Å². The molecule has 0 N–H and O–H groups in total. The van der Waals surface area contributed by atoms with Crippen LogP contribution < -0.4 is 18.9 Å². The van der Waals surface area contributed by atoms with Gasteiger partial charge in [-0.25, -0.2) is 17.6 Å². The van der Waals surface area contributed by atoms with Crippen LogP contribution in [0.5, 0.6) is 23.0 Å². The molecule has 0 amide bonds. The van der Waals surface area contributed by atoms with E-state index in [1.165, 1.54) is 52.7 Å². The van der Waals surface area contributed by atoms with Crippen LogP contribution in [0.25, 0.3) is 141 Å². The first-order valence-corrected chi connectivity index (χ1v) is 22.9. The fourth-order valence-electron chi connectivity index (χ4n) is 12.0. The zero-order chi connectivity index (χ0) is 47.4. The molecular weight excluding hydrogens is 885 g/mol. The van der Waals surface area contributed by atoms with Gasteiger partial charge in [-0.15, -0.1) is 0 Å². The van der Waals surface area contributed by atoms with Crippen LogP contribution in [0.1, 0.15) is 0 Å². The number of fused-ring (bicyclic) bond motifs is 7. The van der Waals surface area contributed by atoms with E-state index in [0.29, 0.717) is 0 Å². The zero-order valence-corrected chi connectivity index (χ0v) is 38.0. The van der Waals surface area contributed by atoms with Crippen molar-refractivity contribution in [3.63, 3.8) is 0 Å². The number of halogens is 4. The van der Waals surface area contributed by atoms with E-state index in [-0.39, 0.29) is 23.0 Å². The third-order valence-electron chi connectivity index (χ3n) is 14.9. The van der Waals surface area contributed by atoms with Crippen molar-refractivity contribution in [3.8, 4) is 67.5 Å². The largest absolute Gasteiger partial charge is 0.494 e. The maximum absolute atomic E-state index is 15.0. The summed E-state index contributed by atoms with van der Waals surface area (Å²) in [5.41, 5.74) is 6.83. The molecule has 4 nitrogen and oxygen atoms in total. The molecule has 0 fully saturated rings. The van der Waals surface area contributed by atoms with Gasteiger partial charge in [0.2, 0.25) is 0 Å². The zero-order valence-electron chi connectivity index (χ0n) is 38.0. The third kappa shape index (κ3) is 5.25. The second-order valence-electron chi connectivity index (χ2n) is 18.2. The normalized spacial score (nSPS) is 12.3. The molecule has 14 aromatic rings. The molecule has 0 aliphatic carbocycles. The van der Waals surface area contributed by atoms with Gasteiger partial charge in [0.1, 0.15) is 0 Å². The maximum Gasteiger partial charge on any atom is 0.165 e. The summed E-state index contributed by atoms with van der Waals surface area (Å²) in [4.78, 5) is 0. The van der Waals surface area contributed by atoms with Crippen LogP contribution in [0, 0.1) is 23.3 Å². The Balaban J connectivity index is 1.15. The molecule has 14 rings (SSSR count). The van der Waals surface area contributed by atoms with Gasteiger partial charge in [-0.1, -0.05) is 84.9 Å². The van der Waals surface area contributed by atoms with E-state index in [2.05, 4.69) is 72.8 Å². The molecular formula is C62H36F4O4. The van der Waals surface area contributed by atoms with Gasteiger partial charge < -0.3 is 18.9 Å². The number of benzene rings is 12. The Morgan fingerprint density at radius 3 is 0.829 bits per heavy atom. The molecule has 0 atom stereocenters. The van der Waals surface area contributed by atoms with Crippen LogP contribution in [0.15, 0.2) is 146 Å². The van der Waals surface area contributed by atoms with Gasteiger partial charge in [0, 0.05) is 0 Å². The fourth-order valence-corrected chi connectivity index (χ4v) is 12.0. The number of hydrogen-bond donors (Lipinski definition) is 0. The highest BCUT2D eigenvalue weighted by Gasteiger charge is 2.29. The average molecular weight is 921 g/mol. The van der Waals surface area contributed by atoms with E-state index in [1.807, 2.05) is 0 Å². The number of methoxy groups -OCH3 is 4. The van der Waals surface area contributed by atoms with E-state index in [9.17, 15) is 8.78 Å². The van der Waals surface area contributed by atoms with Crippen molar-refractivity contribution < 1.29 is 36.5 Å². The summed E-state index contributed by atoms with van der Waals surface area (Å²) in [7, 11) is 5.87. The number of hydrogen-bond acceptors (Lipinski definition) is 4. The molecule has 8 heteroatoms. The molecule has 0 bridgehead atoms. The van der Waals surface area contributed by atoms with Crippen LogP contribution in [-0.4, -0.2) is 28.4 Å². The Labute approximate surface area is 396 Å². The Hall–Kier alpha value is -8.62. The van der Waals surface area contributed by atoms with Gasteiger partial charge in [-0.3, -0.25) is 0 Å². The Morgan fingerprint density at radius 2 is 0.529 bits per heavy atom. The quantitative estimate of drug-likeness (QED) is 0.0864. The number of rotatable bonds is 8. The van der Waals surface area contributed by atoms with E-state index in [4.69, 9.17) is 18.9 Å². The van der Waals surface area contributed by atoms with Crippen LogP contribution in [-0.2, 0) is 0 Å². The highest BCUT2D eigenvalue weighted by Crippen LogP contribution is 2.57.